The van der Waals surface area contributed by atoms with Gasteiger partial charge in [-0.15, -0.1) is 0 Å². The van der Waals surface area contributed by atoms with E-state index in [0.717, 1.165) is 18.5 Å². The van der Waals surface area contributed by atoms with Crippen molar-refractivity contribution in [2.24, 2.45) is 0 Å². The second-order valence-corrected chi connectivity index (χ2v) is 6.40. The SMILES string of the molecule is Cc1ccc(C2CC(Nc3ccc(Br)c(F)c3)C2)cc1. The average molecular weight is 334 g/mol. The quantitative estimate of drug-likeness (QED) is 0.808. The van der Waals surface area contributed by atoms with Crippen molar-refractivity contribution in [2.75, 3.05) is 5.32 Å². The number of nitrogens with one attached hydrogen (secondary N) is 1. The summed E-state index contributed by atoms with van der Waals surface area (Å²) < 4.78 is 14.0. The molecule has 1 aliphatic carbocycles. The molecule has 3 heteroatoms. The summed E-state index contributed by atoms with van der Waals surface area (Å²) in [7, 11) is 0. The zero-order valence-corrected chi connectivity index (χ0v) is 13.0. The molecule has 0 aromatic heterocycles. The maximum absolute atomic E-state index is 13.4. The third-order valence-corrected chi connectivity index (χ3v) is 4.62. The molecular formula is C17H17BrFN. The van der Waals surface area contributed by atoms with Crippen LogP contribution in [-0.2, 0) is 0 Å². The zero-order valence-electron chi connectivity index (χ0n) is 11.4. The summed E-state index contributed by atoms with van der Waals surface area (Å²) in [6.45, 7) is 2.11. The number of halogens is 2. The largest absolute Gasteiger partial charge is 0.382 e. The second kappa shape index (κ2) is 5.57. The Bertz CT molecular complexity index is 603. The Morgan fingerprint density at radius 2 is 1.80 bits per heavy atom. The van der Waals surface area contributed by atoms with Crippen LogP contribution >= 0.6 is 15.9 Å². The van der Waals surface area contributed by atoms with Crippen LogP contribution in [0.2, 0.25) is 0 Å². The summed E-state index contributed by atoms with van der Waals surface area (Å²) in [5, 5.41) is 3.40. The molecule has 0 aliphatic heterocycles. The Morgan fingerprint density at radius 1 is 1.10 bits per heavy atom. The Kier molecular flexibility index (Phi) is 3.79. The molecule has 104 valence electrons. The first-order valence-electron chi connectivity index (χ1n) is 6.90. The van der Waals surface area contributed by atoms with Gasteiger partial charge in [-0.1, -0.05) is 29.8 Å². The molecule has 0 saturated heterocycles. The van der Waals surface area contributed by atoms with Gasteiger partial charge in [0.15, 0.2) is 0 Å². The molecule has 20 heavy (non-hydrogen) atoms. The summed E-state index contributed by atoms with van der Waals surface area (Å²) in [6, 6.07) is 14.4. The summed E-state index contributed by atoms with van der Waals surface area (Å²) in [5.74, 6) is 0.415. The average Bonchev–Trinajstić information content (AvgIpc) is 2.39. The molecule has 1 fully saturated rings. The highest BCUT2D eigenvalue weighted by molar-refractivity contribution is 9.10. The smallest absolute Gasteiger partial charge is 0.139 e. The van der Waals surface area contributed by atoms with Crippen LogP contribution in [0.3, 0.4) is 0 Å². The molecule has 0 amide bonds. The van der Waals surface area contributed by atoms with Gasteiger partial charge in [-0.3, -0.25) is 0 Å². The van der Waals surface area contributed by atoms with Crippen molar-refractivity contribution < 1.29 is 4.39 Å². The molecular weight excluding hydrogens is 317 g/mol. The van der Waals surface area contributed by atoms with E-state index in [4.69, 9.17) is 0 Å². The van der Waals surface area contributed by atoms with Crippen LogP contribution < -0.4 is 5.32 Å². The van der Waals surface area contributed by atoms with Gasteiger partial charge in [-0.2, -0.15) is 0 Å². The molecule has 3 rings (SSSR count). The van der Waals surface area contributed by atoms with Gasteiger partial charge >= 0.3 is 0 Å². The topological polar surface area (TPSA) is 12.0 Å². The minimum absolute atomic E-state index is 0.218. The van der Waals surface area contributed by atoms with Crippen molar-refractivity contribution >= 4 is 21.6 Å². The Morgan fingerprint density at radius 3 is 2.45 bits per heavy atom. The maximum Gasteiger partial charge on any atom is 0.139 e. The van der Waals surface area contributed by atoms with E-state index in [1.165, 1.54) is 11.1 Å². The van der Waals surface area contributed by atoms with E-state index >= 15 is 0 Å². The summed E-state index contributed by atoms with van der Waals surface area (Å²) >= 11 is 3.17. The first-order valence-corrected chi connectivity index (χ1v) is 7.69. The van der Waals surface area contributed by atoms with Crippen LogP contribution in [0, 0.1) is 12.7 Å². The highest BCUT2D eigenvalue weighted by Crippen LogP contribution is 2.38. The zero-order chi connectivity index (χ0) is 14.1. The lowest BCUT2D eigenvalue weighted by Crippen LogP contribution is -2.34. The minimum Gasteiger partial charge on any atom is -0.382 e. The lowest BCUT2D eigenvalue weighted by Gasteiger charge is -2.37. The molecule has 0 spiro atoms. The predicted molar refractivity (Wildman–Crippen MR) is 84.7 cm³/mol. The Hall–Kier alpha value is -1.35. The number of benzene rings is 2. The fourth-order valence-electron chi connectivity index (χ4n) is 2.67. The first kappa shape index (κ1) is 13.6. The van der Waals surface area contributed by atoms with Gasteiger partial charge in [0.2, 0.25) is 0 Å². The van der Waals surface area contributed by atoms with E-state index in [0.29, 0.717) is 16.4 Å². The first-order chi connectivity index (χ1) is 9.61. The molecule has 1 N–H and O–H groups in total. The summed E-state index contributed by atoms with van der Waals surface area (Å²) in [5.41, 5.74) is 3.57. The standard InChI is InChI=1S/C17H17BrFN/c1-11-2-4-12(5-3-11)13-8-15(9-13)20-14-6-7-16(18)17(19)10-14/h2-7,10,13,15,20H,8-9H2,1H3. The molecule has 2 aromatic rings. The molecule has 1 nitrogen and oxygen atoms in total. The number of rotatable bonds is 3. The third kappa shape index (κ3) is 2.88. The molecule has 1 saturated carbocycles. The van der Waals surface area contributed by atoms with Crippen LogP contribution in [0.5, 0.6) is 0 Å². The molecule has 2 aromatic carbocycles. The van der Waals surface area contributed by atoms with Crippen molar-refractivity contribution in [2.45, 2.75) is 31.7 Å². The summed E-state index contributed by atoms with van der Waals surface area (Å²) in [4.78, 5) is 0. The van der Waals surface area contributed by atoms with E-state index in [-0.39, 0.29) is 5.82 Å². The number of hydrogen-bond acceptors (Lipinski definition) is 1. The van der Waals surface area contributed by atoms with E-state index in [2.05, 4.69) is 52.4 Å². The van der Waals surface area contributed by atoms with Gasteiger partial charge < -0.3 is 5.32 Å². The molecule has 1 aliphatic rings. The van der Waals surface area contributed by atoms with Crippen LogP contribution in [0.1, 0.15) is 29.9 Å². The normalized spacial score (nSPS) is 21.4. The van der Waals surface area contributed by atoms with E-state index in [9.17, 15) is 4.39 Å². The van der Waals surface area contributed by atoms with Gasteiger partial charge in [0.25, 0.3) is 0 Å². The fourth-order valence-corrected chi connectivity index (χ4v) is 2.91. The lowest BCUT2D eigenvalue weighted by molar-refractivity contribution is 0.374. The number of hydrogen-bond donors (Lipinski definition) is 1. The van der Waals surface area contributed by atoms with Gasteiger partial charge in [-0.05, 0) is 65.4 Å². The van der Waals surface area contributed by atoms with Crippen LogP contribution in [0.15, 0.2) is 46.9 Å². The lowest BCUT2D eigenvalue weighted by atomic mass is 9.75. The Balaban J connectivity index is 1.58. The van der Waals surface area contributed by atoms with E-state index in [1.54, 1.807) is 12.1 Å². The predicted octanol–water partition coefficient (Wildman–Crippen LogP) is 5.25. The maximum atomic E-state index is 13.4. The molecule has 0 radical (unpaired) electrons. The van der Waals surface area contributed by atoms with Gasteiger partial charge in [0, 0.05) is 11.7 Å². The summed E-state index contributed by atoms with van der Waals surface area (Å²) in [6.07, 6.45) is 2.22. The van der Waals surface area contributed by atoms with Gasteiger partial charge in [0.1, 0.15) is 5.82 Å². The molecule has 0 heterocycles. The van der Waals surface area contributed by atoms with Crippen molar-refractivity contribution in [3.8, 4) is 0 Å². The van der Waals surface area contributed by atoms with Gasteiger partial charge in [0.05, 0.1) is 4.47 Å². The highest BCUT2D eigenvalue weighted by Gasteiger charge is 2.30. The third-order valence-electron chi connectivity index (χ3n) is 3.98. The van der Waals surface area contributed by atoms with E-state index in [1.807, 2.05) is 6.07 Å². The fraction of sp³-hybridized carbons (Fsp3) is 0.294. The highest BCUT2D eigenvalue weighted by atomic mass is 79.9. The van der Waals surface area contributed by atoms with Gasteiger partial charge in [-0.25, -0.2) is 4.39 Å². The number of aryl methyl sites for hydroxylation is 1. The molecule has 0 unspecified atom stereocenters. The van der Waals surface area contributed by atoms with Crippen molar-refractivity contribution in [1.82, 2.24) is 0 Å². The van der Waals surface area contributed by atoms with Crippen molar-refractivity contribution in [1.29, 1.82) is 0 Å². The van der Waals surface area contributed by atoms with Crippen LogP contribution in [-0.4, -0.2) is 6.04 Å². The van der Waals surface area contributed by atoms with Crippen LogP contribution in [0.4, 0.5) is 10.1 Å². The molecule has 0 atom stereocenters. The Labute approximate surface area is 127 Å². The molecule has 0 bridgehead atoms. The number of anilines is 1. The monoisotopic (exact) mass is 333 g/mol. The van der Waals surface area contributed by atoms with Crippen LogP contribution in [0.25, 0.3) is 0 Å². The second-order valence-electron chi connectivity index (χ2n) is 5.55. The van der Waals surface area contributed by atoms with Crippen molar-refractivity contribution in [3.63, 3.8) is 0 Å². The van der Waals surface area contributed by atoms with Crippen molar-refractivity contribution in [3.05, 3.63) is 63.9 Å². The van der Waals surface area contributed by atoms with E-state index < -0.39 is 0 Å². The minimum atomic E-state index is -0.218.